The Labute approximate surface area is 165 Å². The Morgan fingerprint density at radius 3 is 2.69 bits per heavy atom. The average molecular weight is 402 g/mol. The number of H-pyrrole nitrogens is 1. The van der Waals surface area contributed by atoms with Crippen LogP contribution in [0.15, 0.2) is 72.1 Å². The molecule has 4 aromatic heterocycles. The van der Waals surface area contributed by atoms with Crippen molar-refractivity contribution in [1.29, 1.82) is 0 Å². The predicted octanol–water partition coefficient (Wildman–Crippen LogP) is 2.88. The van der Waals surface area contributed by atoms with Crippen LogP contribution in [0, 0.1) is 0 Å². The molecule has 29 heavy (non-hydrogen) atoms. The number of aromatic amines is 1. The number of rotatable bonds is 3. The summed E-state index contributed by atoms with van der Waals surface area (Å²) < 4.78 is 23.3. The van der Waals surface area contributed by atoms with Crippen molar-refractivity contribution in [3.05, 3.63) is 67.3 Å². The predicted molar refractivity (Wildman–Crippen MR) is 109 cm³/mol. The van der Waals surface area contributed by atoms with Crippen LogP contribution in [0.1, 0.15) is 0 Å². The molecule has 0 saturated heterocycles. The monoisotopic (exact) mass is 402 g/mol. The van der Waals surface area contributed by atoms with Gasteiger partial charge in [0.25, 0.3) is 0 Å². The first-order chi connectivity index (χ1) is 14.0. The fourth-order valence-corrected chi connectivity index (χ4v) is 3.74. The summed E-state index contributed by atoms with van der Waals surface area (Å²) in [6.07, 6.45) is 6.27. The number of nitrogens with one attached hydrogen (secondary N) is 1. The number of hydrogen-bond acceptors (Lipinski definition) is 6. The van der Waals surface area contributed by atoms with E-state index >= 15 is 0 Å². The van der Waals surface area contributed by atoms with Crippen molar-refractivity contribution in [2.45, 2.75) is 4.90 Å². The van der Waals surface area contributed by atoms with Gasteiger partial charge in [0, 0.05) is 35.1 Å². The van der Waals surface area contributed by atoms with Gasteiger partial charge >= 0.3 is 0 Å². The van der Waals surface area contributed by atoms with Crippen LogP contribution >= 0.6 is 0 Å². The molecule has 0 spiro atoms. The van der Waals surface area contributed by atoms with Gasteiger partial charge in [-0.2, -0.15) is 5.10 Å². The zero-order chi connectivity index (χ0) is 20.0. The van der Waals surface area contributed by atoms with Crippen LogP contribution in [-0.4, -0.2) is 33.6 Å². The maximum Gasteiger partial charge on any atom is 0.239 e. The normalized spacial score (nSPS) is 11.9. The third-order valence-corrected chi connectivity index (χ3v) is 5.55. The fraction of sp³-hybridized carbons (Fsp3) is 0. The van der Waals surface area contributed by atoms with Gasteiger partial charge < -0.3 is 0 Å². The first kappa shape index (κ1) is 17.4. The molecule has 0 bridgehead atoms. The number of fused-ring (bicyclic) bond motifs is 2. The molecule has 0 aliphatic rings. The Morgan fingerprint density at radius 1 is 0.931 bits per heavy atom. The quantitative estimate of drug-likeness (QED) is 0.478. The Morgan fingerprint density at radius 2 is 1.83 bits per heavy atom. The highest BCUT2D eigenvalue weighted by molar-refractivity contribution is 7.89. The molecule has 3 N–H and O–H groups in total. The number of benzene rings is 1. The summed E-state index contributed by atoms with van der Waals surface area (Å²) in [5.41, 5.74) is 5.41. The number of hydrogen-bond donors (Lipinski definition) is 2. The molecule has 0 saturated carbocycles. The molecular formula is C20H14N6O2S. The van der Waals surface area contributed by atoms with E-state index in [0.29, 0.717) is 16.8 Å². The largest absolute Gasteiger partial charge is 0.278 e. The van der Waals surface area contributed by atoms with Gasteiger partial charge in [0.2, 0.25) is 10.0 Å². The van der Waals surface area contributed by atoms with Crippen molar-refractivity contribution in [3.63, 3.8) is 0 Å². The maximum atomic E-state index is 11.7. The second-order valence-electron chi connectivity index (χ2n) is 6.55. The number of nitrogens with zero attached hydrogens (tertiary/aromatic N) is 4. The minimum Gasteiger partial charge on any atom is -0.278 e. The van der Waals surface area contributed by atoms with Crippen molar-refractivity contribution in [1.82, 2.24) is 25.1 Å². The topological polar surface area (TPSA) is 128 Å². The molecule has 0 atom stereocenters. The minimum atomic E-state index is -3.85. The number of primary sulfonamides is 1. The Hall–Kier alpha value is -3.69. The van der Waals surface area contributed by atoms with Gasteiger partial charge in [-0.05, 0) is 42.0 Å². The molecule has 0 amide bonds. The summed E-state index contributed by atoms with van der Waals surface area (Å²) in [5, 5.41) is 13.2. The van der Waals surface area contributed by atoms with E-state index in [1.807, 2.05) is 30.3 Å². The van der Waals surface area contributed by atoms with Crippen LogP contribution in [0.5, 0.6) is 0 Å². The van der Waals surface area contributed by atoms with Crippen molar-refractivity contribution in [2.24, 2.45) is 5.14 Å². The standard InChI is InChI=1S/C20H14N6O2S/c21-29(27,28)15-8-14(9-22-11-15)17-3-4-19-20(25-17)16(5-6-23-19)12-1-2-18-13(7-12)10-24-26-18/h1-11H,(H,24,26)(H2,21,27,28). The highest BCUT2D eigenvalue weighted by Gasteiger charge is 2.13. The lowest BCUT2D eigenvalue weighted by Crippen LogP contribution is -2.12. The lowest BCUT2D eigenvalue weighted by molar-refractivity contribution is 0.597. The highest BCUT2D eigenvalue weighted by atomic mass is 32.2. The molecule has 0 fully saturated rings. The molecule has 9 heteroatoms. The number of nitrogens with two attached hydrogens (primary N) is 1. The Bertz CT molecular complexity index is 1490. The van der Waals surface area contributed by atoms with Crippen LogP contribution in [-0.2, 0) is 10.0 Å². The van der Waals surface area contributed by atoms with E-state index in [9.17, 15) is 8.42 Å². The molecule has 0 radical (unpaired) electrons. The van der Waals surface area contributed by atoms with Crippen LogP contribution < -0.4 is 5.14 Å². The zero-order valence-corrected chi connectivity index (χ0v) is 15.8. The summed E-state index contributed by atoms with van der Waals surface area (Å²) in [4.78, 5) is 13.1. The Kier molecular flexibility index (Phi) is 3.86. The maximum absolute atomic E-state index is 11.7. The second kappa shape index (κ2) is 6.43. The SMILES string of the molecule is NS(=O)(=O)c1cncc(-c2ccc3nccc(-c4ccc5[nH]ncc5c4)c3n2)c1. The van der Waals surface area contributed by atoms with E-state index in [1.54, 1.807) is 24.7 Å². The third kappa shape index (κ3) is 3.12. The zero-order valence-electron chi connectivity index (χ0n) is 14.9. The van der Waals surface area contributed by atoms with Gasteiger partial charge in [-0.15, -0.1) is 0 Å². The third-order valence-electron chi connectivity index (χ3n) is 4.67. The summed E-state index contributed by atoms with van der Waals surface area (Å²) in [6.45, 7) is 0. The van der Waals surface area contributed by atoms with Gasteiger partial charge in [-0.3, -0.25) is 15.1 Å². The molecule has 5 aromatic rings. The molecule has 0 aliphatic carbocycles. The molecule has 142 valence electrons. The first-order valence-electron chi connectivity index (χ1n) is 8.66. The summed E-state index contributed by atoms with van der Waals surface area (Å²) >= 11 is 0. The van der Waals surface area contributed by atoms with Gasteiger partial charge in [0.15, 0.2) is 0 Å². The minimum absolute atomic E-state index is 0.0614. The highest BCUT2D eigenvalue weighted by Crippen LogP contribution is 2.30. The number of aromatic nitrogens is 5. The van der Waals surface area contributed by atoms with Crippen molar-refractivity contribution in [2.75, 3.05) is 0 Å². The lowest BCUT2D eigenvalue weighted by Gasteiger charge is -2.09. The van der Waals surface area contributed by atoms with E-state index in [0.717, 1.165) is 27.5 Å². The van der Waals surface area contributed by atoms with Crippen molar-refractivity contribution in [3.8, 4) is 22.4 Å². The molecule has 1 aromatic carbocycles. The molecule has 8 nitrogen and oxygen atoms in total. The van der Waals surface area contributed by atoms with Gasteiger partial charge in [-0.25, -0.2) is 18.5 Å². The molecular weight excluding hydrogens is 388 g/mol. The summed E-state index contributed by atoms with van der Waals surface area (Å²) in [6, 6.07) is 13.0. The van der Waals surface area contributed by atoms with Crippen LogP contribution in [0.3, 0.4) is 0 Å². The Balaban J connectivity index is 1.70. The average Bonchev–Trinajstić information content (AvgIpc) is 3.20. The van der Waals surface area contributed by atoms with Gasteiger partial charge in [-0.1, -0.05) is 6.07 Å². The molecule has 5 rings (SSSR count). The van der Waals surface area contributed by atoms with E-state index < -0.39 is 10.0 Å². The second-order valence-corrected chi connectivity index (χ2v) is 8.11. The number of pyridine rings is 3. The molecule has 4 heterocycles. The lowest BCUT2D eigenvalue weighted by atomic mass is 10.0. The van der Waals surface area contributed by atoms with Crippen LogP contribution in [0.2, 0.25) is 0 Å². The van der Waals surface area contributed by atoms with Gasteiger partial charge in [0.05, 0.1) is 28.4 Å². The molecule has 0 unspecified atom stereocenters. The van der Waals surface area contributed by atoms with Crippen LogP contribution in [0.25, 0.3) is 44.3 Å². The summed E-state index contributed by atoms with van der Waals surface area (Å²) in [5.74, 6) is 0. The number of sulfonamides is 1. The fourth-order valence-electron chi connectivity index (χ4n) is 3.24. The van der Waals surface area contributed by atoms with Crippen molar-refractivity contribution >= 4 is 32.0 Å². The first-order valence-corrected chi connectivity index (χ1v) is 10.2. The van der Waals surface area contributed by atoms with E-state index in [4.69, 9.17) is 10.1 Å². The summed E-state index contributed by atoms with van der Waals surface area (Å²) in [7, 11) is -3.85. The van der Waals surface area contributed by atoms with Crippen molar-refractivity contribution < 1.29 is 8.42 Å². The van der Waals surface area contributed by atoms with E-state index in [-0.39, 0.29) is 4.90 Å². The molecule has 0 aliphatic heterocycles. The van der Waals surface area contributed by atoms with Gasteiger partial charge in [0.1, 0.15) is 4.90 Å². The van der Waals surface area contributed by atoms with E-state index in [1.165, 1.54) is 12.3 Å². The van der Waals surface area contributed by atoms with E-state index in [2.05, 4.69) is 20.2 Å². The smallest absolute Gasteiger partial charge is 0.239 e. The van der Waals surface area contributed by atoms with Crippen LogP contribution in [0.4, 0.5) is 0 Å².